The topological polar surface area (TPSA) is 72.8 Å². The first-order valence-corrected chi connectivity index (χ1v) is 23.8. The van der Waals surface area contributed by atoms with Crippen molar-refractivity contribution in [2.75, 3.05) is 13.2 Å². The lowest BCUT2D eigenvalue weighted by molar-refractivity contribution is -0.161. The molecule has 0 aliphatic rings. The number of allylic oxidation sites excluding steroid dienone is 16. The summed E-state index contributed by atoms with van der Waals surface area (Å²) in [5.41, 5.74) is 0. The van der Waals surface area contributed by atoms with Crippen LogP contribution in [0.3, 0.4) is 0 Å². The van der Waals surface area contributed by atoms with Crippen molar-refractivity contribution in [3.05, 3.63) is 97.2 Å². The van der Waals surface area contributed by atoms with Gasteiger partial charge in [-0.3, -0.25) is 9.59 Å². The average molecular weight is 805 g/mol. The molecule has 0 aliphatic heterocycles. The minimum atomic E-state index is -0.787. The highest BCUT2D eigenvalue weighted by Gasteiger charge is 2.16. The van der Waals surface area contributed by atoms with Gasteiger partial charge in [0.15, 0.2) is 6.10 Å². The maximum absolute atomic E-state index is 12.2. The summed E-state index contributed by atoms with van der Waals surface area (Å²) >= 11 is 0. The number of carbonyl (C=O) groups is 2. The molecule has 0 radical (unpaired) electrons. The summed E-state index contributed by atoms with van der Waals surface area (Å²) in [6, 6.07) is 0. The van der Waals surface area contributed by atoms with E-state index in [4.69, 9.17) is 9.47 Å². The van der Waals surface area contributed by atoms with Crippen LogP contribution in [-0.2, 0) is 19.1 Å². The van der Waals surface area contributed by atoms with Crippen LogP contribution in [0.5, 0.6) is 0 Å². The van der Waals surface area contributed by atoms with E-state index in [1.165, 1.54) is 83.5 Å². The minimum absolute atomic E-state index is 0.0795. The fourth-order valence-corrected chi connectivity index (χ4v) is 6.29. The summed E-state index contributed by atoms with van der Waals surface area (Å²) in [7, 11) is 0. The van der Waals surface area contributed by atoms with E-state index in [0.717, 1.165) is 96.3 Å². The molecule has 1 N–H and O–H groups in total. The second-order valence-electron chi connectivity index (χ2n) is 15.4. The summed E-state index contributed by atoms with van der Waals surface area (Å²) in [6.07, 6.45) is 67.7. The number of esters is 2. The summed E-state index contributed by atoms with van der Waals surface area (Å²) in [6.45, 7) is 4.00. The van der Waals surface area contributed by atoms with E-state index in [-0.39, 0.29) is 25.2 Å². The normalized spacial score (nSPS) is 13.1. The molecule has 0 aromatic heterocycles. The molecule has 0 saturated carbocycles. The van der Waals surface area contributed by atoms with Gasteiger partial charge in [-0.05, 0) is 96.3 Å². The molecule has 0 spiro atoms. The first kappa shape index (κ1) is 54.8. The van der Waals surface area contributed by atoms with E-state index < -0.39 is 6.10 Å². The van der Waals surface area contributed by atoms with Gasteiger partial charge in [-0.2, -0.15) is 0 Å². The SMILES string of the molecule is CC/C=C\C/C=C\C/C=C\C/C=C\C/C=C\C/C=C\C/C=C\CCCCCCCCCC(=O)OC(CO)COC(=O)CCCCCCC/C=C\CCCCCCCC. The molecule has 330 valence electrons. The number of hydrogen-bond donors (Lipinski definition) is 1. The standard InChI is InChI=1S/C53H88O5/c1-3-5-7-9-11-13-15-17-19-20-21-22-23-24-25-26-27-28-29-30-31-32-34-36-38-40-42-44-46-48-53(56)58-51(49-54)50-57-52(55)47-45-43-41-39-37-35-33-18-16-14-12-10-8-6-4-2/h5,7,11,13,17-19,21-22,24-25,27-28,30-31,33,51,54H,3-4,6,8-10,12,14-16,20,23,26,29,32,34-50H2,1-2H3/b7-5-,13-11-,19-17-,22-21-,25-24-,28-27-,31-30-,33-18-. The maximum Gasteiger partial charge on any atom is 0.306 e. The molecule has 0 rings (SSSR count). The molecule has 0 amide bonds. The molecule has 0 saturated heterocycles. The molecule has 5 nitrogen and oxygen atoms in total. The number of aliphatic hydroxyl groups excluding tert-OH is 1. The Morgan fingerprint density at radius 1 is 0.414 bits per heavy atom. The van der Waals surface area contributed by atoms with Crippen LogP contribution in [0.4, 0.5) is 0 Å². The smallest absolute Gasteiger partial charge is 0.306 e. The van der Waals surface area contributed by atoms with E-state index >= 15 is 0 Å². The highest BCUT2D eigenvalue weighted by atomic mass is 16.6. The second-order valence-corrected chi connectivity index (χ2v) is 15.4. The predicted molar refractivity (Wildman–Crippen MR) is 251 cm³/mol. The number of carbonyl (C=O) groups excluding carboxylic acids is 2. The van der Waals surface area contributed by atoms with E-state index in [0.29, 0.717) is 12.8 Å². The predicted octanol–water partition coefficient (Wildman–Crippen LogP) is 15.6. The highest BCUT2D eigenvalue weighted by molar-refractivity contribution is 5.70. The Hall–Kier alpha value is -3.18. The van der Waals surface area contributed by atoms with Gasteiger partial charge in [-0.15, -0.1) is 0 Å². The zero-order valence-corrected chi connectivity index (χ0v) is 37.5. The number of rotatable bonds is 42. The third-order valence-corrected chi connectivity index (χ3v) is 9.86. The Morgan fingerprint density at radius 2 is 0.741 bits per heavy atom. The monoisotopic (exact) mass is 805 g/mol. The lowest BCUT2D eigenvalue weighted by Gasteiger charge is -2.15. The van der Waals surface area contributed by atoms with Crippen LogP contribution in [0.25, 0.3) is 0 Å². The molecule has 1 unspecified atom stereocenters. The quantitative estimate of drug-likeness (QED) is 0.0378. The van der Waals surface area contributed by atoms with Crippen molar-refractivity contribution in [3.63, 3.8) is 0 Å². The lowest BCUT2D eigenvalue weighted by atomic mass is 10.1. The first-order chi connectivity index (χ1) is 28.6. The molecule has 0 aromatic rings. The zero-order valence-electron chi connectivity index (χ0n) is 37.5. The minimum Gasteiger partial charge on any atom is -0.462 e. The van der Waals surface area contributed by atoms with Gasteiger partial charge in [0.05, 0.1) is 6.61 Å². The van der Waals surface area contributed by atoms with Gasteiger partial charge in [0, 0.05) is 12.8 Å². The molecular formula is C53H88O5. The first-order valence-electron chi connectivity index (χ1n) is 23.8. The van der Waals surface area contributed by atoms with E-state index in [2.05, 4.69) is 111 Å². The van der Waals surface area contributed by atoms with E-state index in [1.807, 2.05) is 0 Å². The van der Waals surface area contributed by atoms with Crippen molar-refractivity contribution < 1.29 is 24.2 Å². The zero-order chi connectivity index (χ0) is 42.1. The van der Waals surface area contributed by atoms with Gasteiger partial charge in [0.25, 0.3) is 0 Å². The molecule has 0 aromatic carbocycles. The number of hydrogen-bond acceptors (Lipinski definition) is 5. The Bertz CT molecular complexity index is 1140. The lowest BCUT2D eigenvalue weighted by Crippen LogP contribution is -2.28. The van der Waals surface area contributed by atoms with Gasteiger partial charge in [-0.1, -0.05) is 195 Å². The van der Waals surface area contributed by atoms with E-state index in [9.17, 15) is 14.7 Å². The largest absolute Gasteiger partial charge is 0.462 e. The summed E-state index contributed by atoms with van der Waals surface area (Å²) in [5, 5.41) is 9.60. The molecule has 58 heavy (non-hydrogen) atoms. The highest BCUT2D eigenvalue weighted by Crippen LogP contribution is 2.13. The number of unbranched alkanes of at least 4 members (excludes halogenated alkanes) is 18. The van der Waals surface area contributed by atoms with Gasteiger partial charge in [-0.25, -0.2) is 0 Å². The molecule has 0 fully saturated rings. The summed E-state index contributed by atoms with van der Waals surface area (Å²) in [4.78, 5) is 24.4. The van der Waals surface area contributed by atoms with Crippen molar-refractivity contribution in [3.8, 4) is 0 Å². The van der Waals surface area contributed by atoms with Crippen molar-refractivity contribution in [2.45, 2.75) is 213 Å². The van der Waals surface area contributed by atoms with Crippen LogP contribution < -0.4 is 0 Å². The van der Waals surface area contributed by atoms with Crippen LogP contribution in [0, 0.1) is 0 Å². The Labute approximate surface area is 358 Å². The van der Waals surface area contributed by atoms with Crippen LogP contribution in [0.1, 0.15) is 206 Å². The maximum atomic E-state index is 12.2. The Balaban J connectivity index is 3.61. The van der Waals surface area contributed by atoms with Crippen molar-refractivity contribution in [1.82, 2.24) is 0 Å². The van der Waals surface area contributed by atoms with Crippen LogP contribution >= 0.6 is 0 Å². The second kappa shape index (κ2) is 48.2. The Kier molecular flexibility index (Phi) is 45.5. The average Bonchev–Trinajstić information content (AvgIpc) is 3.23. The van der Waals surface area contributed by atoms with Crippen molar-refractivity contribution in [1.29, 1.82) is 0 Å². The van der Waals surface area contributed by atoms with Crippen LogP contribution in [0.2, 0.25) is 0 Å². The summed E-state index contributed by atoms with van der Waals surface area (Å²) in [5.74, 6) is -0.618. The van der Waals surface area contributed by atoms with Crippen LogP contribution in [-0.4, -0.2) is 36.4 Å². The van der Waals surface area contributed by atoms with Gasteiger partial charge >= 0.3 is 11.9 Å². The fraction of sp³-hybridized carbons (Fsp3) is 0.660. The molecule has 0 heterocycles. The molecule has 1 atom stereocenters. The summed E-state index contributed by atoms with van der Waals surface area (Å²) < 4.78 is 10.6. The number of aliphatic hydroxyl groups is 1. The third kappa shape index (κ3) is 45.5. The molecular weight excluding hydrogens is 717 g/mol. The molecule has 0 bridgehead atoms. The van der Waals surface area contributed by atoms with Crippen LogP contribution in [0.15, 0.2) is 97.2 Å². The number of ether oxygens (including phenoxy) is 2. The van der Waals surface area contributed by atoms with Crippen molar-refractivity contribution >= 4 is 11.9 Å². The fourth-order valence-electron chi connectivity index (χ4n) is 6.29. The van der Waals surface area contributed by atoms with Gasteiger partial charge < -0.3 is 14.6 Å². The van der Waals surface area contributed by atoms with Gasteiger partial charge in [0.1, 0.15) is 6.61 Å². The third-order valence-electron chi connectivity index (χ3n) is 9.86. The Morgan fingerprint density at radius 3 is 1.14 bits per heavy atom. The van der Waals surface area contributed by atoms with Crippen molar-refractivity contribution in [2.24, 2.45) is 0 Å². The van der Waals surface area contributed by atoms with Gasteiger partial charge in [0.2, 0.25) is 0 Å². The molecule has 5 heteroatoms. The van der Waals surface area contributed by atoms with E-state index in [1.54, 1.807) is 0 Å². The molecule has 0 aliphatic carbocycles.